The largest absolute Gasteiger partial charge is 0.482 e. The smallest absolute Gasteiger partial charge is 0.170 e. The minimum absolute atomic E-state index is 0.133. The van der Waals surface area contributed by atoms with Crippen LogP contribution in [-0.2, 0) is 13.7 Å². The molecular formula is C13H11F2N5O. The topological polar surface area (TPSA) is 78.9 Å². The fraction of sp³-hybridized carbons (Fsp3) is 0.154. The van der Waals surface area contributed by atoms with Crippen molar-refractivity contribution in [3.8, 4) is 5.75 Å². The lowest BCUT2D eigenvalue weighted by atomic mass is 10.3. The Morgan fingerprint density at radius 3 is 2.90 bits per heavy atom. The molecule has 0 amide bonds. The number of nitrogens with zero attached hydrogens (tertiary/aromatic N) is 4. The molecule has 0 spiro atoms. The molecule has 3 aromatic rings. The Kier molecular flexibility index (Phi) is 3.13. The minimum Gasteiger partial charge on any atom is -0.482 e. The third-order valence-corrected chi connectivity index (χ3v) is 2.92. The lowest BCUT2D eigenvalue weighted by molar-refractivity contribution is 0.280. The highest BCUT2D eigenvalue weighted by Gasteiger charge is 2.11. The Hall–Kier alpha value is -2.77. The molecule has 1 aromatic carbocycles. The van der Waals surface area contributed by atoms with Crippen LogP contribution in [0.15, 0.2) is 24.4 Å². The quantitative estimate of drug-likeness (QED) is 0.796. The summed E-state index contributed by atoms with van der Waals surface area (Å²) in [6, 6.07) is 2.96. The average Bonchev–Trinajstić information content (AvgIpc) is 2.82. The molecule has 0 radical (unpaired) electrons. The van der Waals surface area contributed by atoms with Gasteiger partial charge in [0.1, 0.15) is 18.2 Å². The molecule has 6 nitrogen and oxygen atoms in total. The molecule has 0 unspecified atom stereocenters. The predicted octanol–water partition coefficient (Wildman–Crippen LogP) is 1.80. The summed E-state index contributed by atoms with van der Waals surface area (Å²) in [4.78, 5) is 8.28. The number of rotatable bonds is 3. The zero-order valence-corrected chi connectivity index (χ0v) is 11.0. The molecular weight excluding hydrogens is 280 g/mol. The highest BCUT2D eigenvalue weighted by atomic mass is 19.1. The number of anilines is 1. The van der Waals surface area contributed by atoms with Gasteiger partial charge in [0.25, 0.3) is 0 Å². The number of aryl methyl sites for hydroxylation is 1. The maximum atomic E-state index is 13.4. The van der Waals surface area contributed by atoms with Crippen molar-refractivity contribution < 1.29 is 13.5 Å². The fourth-order valence-corrected chi connectivity index (χ4v) is 1.89. The molecule has 2 N–H and O–H groups in total. The molecule has 0 saturated carbocycles. The highest BCUT2D eigenvalue weighted by Crippen LogP contribution is 2.20. The molecule has 21 heavy (non-hydrogen) atoms. The van der Waals surface area contributed by atoms with Gasteiger partial charge in [-0.05, 0) is 12.1 Å². The van der Waals surface area contributed by atoms with Gasteiger partial charge in [0.05, 0.1) is 11.6 Å². The van der Waals surface area contributed by atoms with Gasteiger partial charge in [0.15, 0.2) is 23.0 Å². The van der Waals surface area contributed by atoms with Crippen LogP contribution in [0.25, 0.3) is 11.0 Å². The van der Waals surface area contributed by atoms with Gasteiger partial charge in [0.2, 0.25) is 0 Å². The standard InChI is InChI=1S/C13H11F2N5O/c1-20-13-8(5-17-20)12(16)18-11(19-13)6-21-10-4-7(14)2-3-9(10)15/h2-5H,6H2,1H3,(H2,16,18,19). The number of ether oxygens (including phenoxy) is 1. The van der Waals surface area contributed by atoms with Crippen molar-refractivity contribution in [3.05, 3.63) is 41.9 Å². The number of benzene rings is 1. The molecule has 2 aromatic heterocycles. The average molecular weight is 291 g/mol. The van der Waals surface area contributed by atoms with Crippen LogP contribution in [0.2, 0.25) is 0 Å². The van der Waals surface area contributed by atoms with Crippen molar-refractivity contribution in [2.24, 2.45) is 7.05 Å². The van der Waals surface area contributed by atoms with Crippen molar-refractivity contribution in [1.82, 2.24) is 19.7 Å². The van der Waals surface area contributed by atoms with Crippen molar-refractivity contribution in [1.29, 1.82) is 0 Å². The number of hydrogen-bond donors (Lipinski definition) is 1. The Morgan fingerprint density at radius 2 is 2.10 bits per heavy atom. The normalized spacial score (nSPS) is 11.0. The summed E-state index contributed by atoms with van der Waals surface area (Å²) in [5.74, 6) is -0.944. The number of nitrogens with two attached hydrogens (primary N) is 1. The van der Waals surface area contributed by atoms with Crippen LogP contribution in [0.3, 0.4) is 0 Å². The predicted molar refractivity (Wildman–Crippen MR) is 71.4 cm³/mol. The highest BCUT2D eigenvalue weighted by molar-refractivity contribution is 5.84. The van der Waals surface area contributed by atoms with Gasteiger partial charge in [-0.25, -0.2) is 18.7 Å². The maximum absolute atomic E-state index is 13.4. The van der Waals surface area contributed by atoms with E-state index in [2.05, 4.69) is 15.1 Å². The molecule has 0 aliphatic heterocycles. The molecule has 0 aliphatic carbocycles. The second-order valence-corrected chi connectivity index (χ2v) is 4.39. The lowest BCUT2D eigenvalue weighted by Crippen LogP contribution is -2.06. The monoisotopic (exact) mass is 291 g/mol. The number of hydrogen-bond acceptors (Lipinski definition) is 5. The molecule has 2 heterocycles. The molecule has 0 fully saturated rings. The fourth-order valence-electron chi connectivity index (χ4n) is 1.89. The maximum Gasteiger partial charge on any atom is 0.170 e. The van der Waals surface area contributed by atoms with Crippen LogP contribution in [-0.4, -0.2) is 19.7 Å². The minimum atomic E-state index is -0.661. The summed E-state index contributed by atoms with van der Waals surface area (Å²) >= 11 is 0. The van der Waals surface area contributed by atoms with Gasteiger partial charge in [-0.3, -0.25) is 4.68 Å². The molecule has 0 bridgehead atoms. The van der Waals surface area contributed by atoms with E-state index in [1.807, 2.05) is 0 Å². The van der Waals surface area contributed by atoms with E-state index >= 15 is 0 Å². The van der Waals surface area contributed by atoms with Crippen molar-refractivity contribution >= 4 is 16.9 Å². The summed E-state index contributed by atoms with van der Waals surface area (Å²) < 4.78 is 33.2. The molecule has 0 aliphatic rings. The SMILES string of the molecule is Cn1ncc2c(N)nc(COc3cc(F)ccc3F)nc21. The van der Waals surface area contributed by atoms with E-state index in [-0.39, 0.29) is 24.0 Å². The van der Waals surface area contributed by atoms with Crippen LogP contribution in [0.5, 0.6) is 5.75 Å². The van der Waals surface area contributed by atoms with Gasteiger partial charge in [-0.15, -0.1) is 0 Å². The van der Waals surface area contributed by atoms with Gasteiger partial charge in [0, 0.05) is 13.1 Å². The van der Waals surface area contributed by atoms with Crippen LogP contribution < -0.4 is 10.5 Å². The van der Waals surface area contributed by atoms with Crippen molar-refractivity contribution in [2.45, 2.75) is 6.61 Å². The van der Waals surface area contributed by atoms with Gasteiger partial charge < -0.3 is 10.5 Å². The lowest BCUT2D eigenvalue weighted by Gasteiger charge is -2.07. The van der Waals surface area contributed by atoms with E-state index < -0.39 is 11.6 Å². The van der Waals surface area contributed by atoms with Crippen LogP contribution in [0.1, 0.15) is 5.82 Å². The van der Waals surface area contributed by atoms with E-state index in [0.29, 0.717) is 11.0 Å². The van der Waals surface area contributed by atoms with E-state index in [4.69, 9.17) is 10.5 Å². The van der Waals surface area contributed by atoms with E-state index in [0.717, 1.165) is 18.2 Å². The first-order valence-corrected chi connectivity index (χ1v) is 6.06. The summed E-state index contributed by atoms with van der Waals surface area (Å²) in [6.45, 7) is -0.133. The zero-order valence-electron chi connectivity index (χ0n) is 11.0. The number of halogens is 2. The Morgan fingerprint density at radius 1 is 1.29 bits per heavy atom. The second-order valence-electron chi connectivity index (χ2n) is 4.39. The first-order valence-electron chi connectivity index (χ1n) is 6.06. The van der Waals surface area contributed by atoms with Crippen molar-refractivity contribution in [2.75, 3.05) is 5.73 Å². The molecule has 0 saturated heterocycles. The number of fused-ring (bicyclic) bond motifs is 1. The first-order chi connectivity index (χ1) is 10.0. The summed E-state index contributed by atoms with van der Waals surface area (Å²) in [7, 11) is 1.71. The molecule has 8 heteroatoms. The molecule has 108 valence electrons. The van der Waals surface area contributed by atoms with Gasteiger partial charge >= 0.3 is 0 Å². The number of aromatic nitrogens is 4. The van der Waals surface area contributed by atoms with Crippen LogP contribution in [0.4, 0.5) is 14.6 Å². The van der Waals surface area contributed by atoms with E-state index in [1.54, 1.807) is 17.9 Å². The summed E-state index contributed by atoms with van der Waals surface area (Å²) in [5.41, 5.74) is 6.34. The third kappa shape index (κ3) is 2.47. The third-order valence-electron chi connectivity index (χ3n) is 2.92. The van der Waals surface area contributed by atoms with Gasteiger partial charge in [-0.2, -0.15) is 5.10 Å². The van der Waals surface area contributed by atoms with Crippen LogP contribution >= 0.6 is 0 Å². The Bertz CT molecular complexity index is 818. The number of nitrogen functional groups attached to an aromatic ring is 1. The second kappa shape index (κ2) is 4.97. The van der Waals surface area contributed by atoms with Crippen molar-refractivity contribution in [3.63, 3.8) is 0 Å². The summed E-state index contributed by atoms with van der Waals surface area (Å²) in [5, 5.41) is 4.65. The zero-order chi connectivity index (χ0) is 15.0. The Balaban J connectivity index is 1.88. The molecule has 3 rings (SSSR count). The first kappa shape index (κ1) is 13.2. The van der Waals surface area contributed by atoms with E-state index in [9.17, 15) is 8.78 Å². The van der Waals surface area contributed by atoms with E-state index in [1.165, 1.54) is 0 Å². The van der Waals surface area contributed by atoms with Crippen LogP contribution in [0, 0.1) is 11.6 Å². The Labute approximate surface area is 118 Å². The van der Waals surface area contributed by atoms with Gasteiger partial charge in [-0.1, -0.05) is 0 Å². The summed E-state index contributed by atoms with van der Waals surface area (Å²) in [6.07, 6.45) is 1.56. The molecule has 0 atom stereocenters.